The third-order valence-corrected chi connectivity index (χ3v) is 3.45. The summed E-state index contributed by atoms with van der Waals surface area (Å²) < 4.78 is 11.2. The zero-order valence-corrected chi connectivity index (χ0v) is 12.9. The summed E-state index contributed by atoms with van der Waals surface area (Å²) in [4.78, 5) is 0. The number of rotatable bonds is 6. The lowest BCUT2D eigenvalue weighted by Gasteiger charge is -2.09. The summed E-state index contributed by atoms with van der Waals surface area (Å²) in [6.45, 7) is 0.895. The van der Waals surface area contributed by atoms with Gasteiger partial charge in [0.15, 0.2) is 5.75 Å². The van der Waals surface area contributed by atoms with Crippen molar-refractivity contribution in [2.24, 2.45) is 5.73 Å². The lowest BCUT2D eigenvalue weighted by atomic mass is 10.2. The van der Waals surface area contributed by atoms with Gasteiger partial charge in [0, 0.05) is 11.4 Å². The maximum atomic E-state index is 6.04. The highest BCUT2D eigenvalue weighted by Crippen LogP contribution is 2.36. The monoisotopic (exact) mass is 333 g/mol. The summed E-state index contributed by atoms with van der Waals surface area (Å²) in [7, 11) is 0. The molecule has 0 aliphatic heterocycles. The molecule has 2 aromatic rings. The number of ether oxygens (including phenoxy) is 1. The smallest absolute Gasteiger partial charge is 0.157 e. The van der Waals surface area contributed by atoms with Crippen molar-refractivity contribution in [3.05, 3.63) is 50.9 Å². The average Bonchev–Trinajstić information content (AvgIpc) is 2.83. The van der Waals surface area contributed by atoms with Crippen molar-refractivity contribution in [3.8, 4) is 5.75 Å². The molecule has 2 rings (SSSR count). The minimum absolute atomic E-state index is 0.254. The van der Waals surface area contributed by atoms with Crippen molar-refractivity contribution < 1.29 is 9.15 Å². The fourth-order valence-corrected chi connectivity index (χ4v) is 2.65. The van der Waals surface area contributed by atoms with Crippen LogP contribution in [-0.2, 0) is 13.0 Å². The highest BCUT2D eigenvalue weighted by atomic mass is 35.5. The first-order chi connectivity index (χ1) is 9.60. The fourth-order valence-electron chi connectivity index (χ4n) is 1.72. The first kappa shape index (κ1) is 15.5. The van der Waals surface area contributed by atoms with Gasteiger partial charge in [-0.15, -0.1) is 0 Å². The number of hydrogen-bond donors (Lipinski definition) is 1. The van der Waals surface area contributed by atoms with E-state index in [4.69, 9.17) is 49.7 Å². The highest BCUT2D eigenvalue weighted by molar-refractivity contribution is 6.40. The van der Waals surface area contributed by atoms with Crippen LogP contribution in [-0.4, -0.2) is 6.54 Å². The summed E-state index contributed by atoms with van der Waals surface area (Å²) in [6.07, 6.45) is 1.71. The fraction of sp³-hybridized carbons (Fsp3) is 0.286. The molecule has 1 heterocycles. The number of nitrogens with two attached hydrogens (primary N) is 1. The van der Waals surface area contributed by atoms with Crippen LogP contribution in [0.25, 0.3) is 0 Å². The Morgan fingerprint density at radius 1 is 1.05 bits per heavy atom. The van der Waals surface area contributed by atoms with Gasteiger partial charge < -0.3 is 14.9 Å². The summed E-state index contributed by atoms with van der Waals surface area (Å²) in [6, 6.07) is 6.95. The molecule has 0 amide bonds. The van der Waals surface area contributed by atoms with E-state index < -0.39 is 0 Å². The summed E-state index contributed by atoms with van der Waals surface area (Å²) in [5.41, 5.74) is 5.46. The van der Waals surface area contributed by atoms with Gasteiger partial charge in [0.2, 0.25) is 0 Å². The second kappa shape index (κ2) is 7.23. The predicted molar refractivity (Wildman–Crippen MR) is 81.9 cm³/mol. The highest BCUT2D eigenvalue weighted by Gasteiger charge is 2.10. The first-order valence-electron chi connectivity index (χ1n) is 6.15. The largest absolute Gasteiger partial charge is 0.483 e. The van der Waals surface area contributed by atoms with Crippen LogP contribution in [0.3, 0.4) is 0 Å². The third-order valence-electron chi connectivity index (χ3n) is 2.67. The SMILES string of the molecule is NCCCc1ccc(COc2c(Cl)cc(Cl)cc2Cl)o1. The van der Waals surface area contributed by atoms with Gasteiger partial charge in [0.05, 0.1) is 10.0 Å². The van der Waals surface area contributed by atoms with Crippen molar-refractivity contribution in [2.45, 2.75) is 19.4 Å². The van der Waals surface area contributed by atoms with Crippen LogP contribution in [0.15, 0.2) is 28.7 Å². The molecule has 0 saturated carbocycles. The molecule has 1 aromatic carbocycles. The van der Waals surface area contributed by atoms with E-state index in [0.717, 1.165) is 18.6 Å². The predicted octanol–water partition coefficient (Wildman–Crippen LogP) is 4.71. The second-order valence-electron chi connectivity index (χ2n) is 4.25. The molecular formula is C14H14Cl3NO2. The molecule has 1 aromatic heterocycles. The molecule has 108 valence electrons. The van der Waals surface area contributed by atoms with Crippen molar-refractivity contribution >= 4 is 34.8 Å². The van der Waals surface area contributed by atoms with Crippen LogP contribution >= 0.6 is 34.8 Å². The Hall–Kier alpha value is -0.870. The van der Waals surface area contributed by atoms with E-state index in [-0.39, 0.29) is 6.61 Å². The number of benzene rings is 1. The molecule has 3 nitrogen and oxygen atoms in total. The van der Waals surface area contributed by atoms with Crippen molar-refractivity contribution in [1.29, 1.82) is 0 Å². The van der Waals surface area contributed by atoms with Crippen LogP contribution in [0, 0.1) is 0 Å². The molecule has 6 heteroatoms. The maximum absolute atomic E-state index is 6.04. The number of furan rings is 1. The average molecular weight is 335 g/mol. The Morgan fingerprint density at radius 2 is 1.70 bits per heavy atom. The van der Waals surface area contributed by atoms with E-state index in [0.29, 0.717) is 33.1 Å². The van der Waals surface area contributed by atoms with E-state index in [1.165, 1.54) is 0 Å². The molecule has 20 heavy (non-hydrogen) atoms. The van der Waals surface area contributed by atoms with Crippen LogP contribution < -0.4 is 10.5 Å². The van der Waals surface area contributed by atoms with Gasteiger partial charge in [-0.2, -0.15) is 0 Å². The van der Waals surface area contributed by atoms with E-state index in [1.54, 1.807) is 12.1 Å². The van der Waals surface area contributed by atoms with Crippen molar-refractivity contribution in [2.75, 3.05) is 6.54 Å². The summed E-state index contributed by atoms with van der Waals surface area (Å²) in [5.74, 6) is 2.00. The van der Waals surface area contributed by atoms with E-state index in [9.17, 15) is 0 Å². The maximum Gasteiger partial charge on any atom is 0.157 e. The van der Waals surface area contributed by atoms with Crippen LogP contribution in [0.5, 0.6) is 5.75 Å². The van der Waals surface area contributed by atoms with Crippen LogP contribution in [0.2, 0.25) is 15.1 Å². The minimum atomic E-state index is 0.254. The van der Waals surface area contributed by atoms with E-state index in [2.05, 4.69) is 0 Å². The Kier molecular flexibility index (Phi) is 5.61. The molecule has 0 saturated heterocycles. The Morgan fingerprint density at radius 3 is 2.35 bits per heavy atom. The van der Waals surface area contributed by atoms with Crippen molar-refractivity contribution in [3.63, 3.8) is 0 Å². The van der Waals surface area contributed by atoms with Crippen LogP contribution in [0.4, 0.5) is 0 Å². The van der Waals surface area contributed by atoms with Crippen LogP contribution in [0.1, 0.15) is 17.9 Å². The molecule has 0 spiro atoms. The Labute approximate surface area is 132 Å². The molecular weight excluding hydrogens is 321 g/mol. The Balaban J connectivity index is 2.00. The molecule has 0 radical (unpaired) electrons. The molecule has 0 fully saturated rings. The lowest BCUT2D eigenvalue weighted by molar-refractivity contribution is 0.266. The van der Waals surface area contributed by atoms with Gasteiger partial charge >= 0.3 is 0 Å². The van der Waals surface area contributed by atoms with Gasteiger partial charge in [0.25, 0.3) is 0 Å². The molecule has 0 unspecified atom stereocenters. The molecule has 2 N–H and O–H groups in total. The second-order valence-corrected chi connectivity index (χ2v) is 5.50. The normalized spacial score (nSPS) is 10.8. The zero-order chi connectivity index (χ0) is 14.5. The molecule has 0 bridgehead atoms. The van der Waals surface area contributed by atoms with Gasteiger partial charge in [-0.05, 0) is 37.2 Å². The van der Waals surface area contributed by atoms with Gasteiger partial charge in [-0.1, -0.05) is 34.8 Å². The number of aryl methyl sites for hydroxylation is 1. The van der Waals surface area contributed by atoms with Gasteiger partial charge in [-0.25, -0.2) is 0 Å². The lowest BCUT2D eigenvalue weighted by Crippen LogP contribution is -1.99. The van der Waals surface area contributed by atoms with Crippen molar-refractivity contribution in [1.82, 2.24) is 0 Å². The quantitative estimate of drug-likeness (QED) is 0.832. The number of halogens is 3. The minimum Gasteiger partial charge on any atom is -0.483 e. The summed E-state index contributed by atoms with van der Waals surface area (Å²) >= 11 is 17.9. The molecule has 0 aliphatic rings. The molecule has 0 atom stereocenters. The van der Waals surface area contributed by atoms with Gasteiger partial charge in [-0.3, -0.25) is 0 Å². The standard InChI is InChI=1S/C14H14Cl3NO2/c15-9-6-12(16)14(13(17)7-9)19-8-11-4-3-10(20-11)2-1-5-18/h3-4,6-7H,1-2,5,8,18H2. The summed E-state index contributed by atoms with van der Waals surface area (Å²) in [5, 5.41) is 1.21. The Bertz CT molecular complexity index is 561. The third kappa shape index (κ3) is 4.06. The molecule has 0 aliphatic carbocycles. The number of hydrogen-bond acceptors (Lipinski definition) is 3. The topological polar surface area (TPSA) is 48.4 Å². The van der Waals surface area contributed by atoms with E-state index >= 15 is 0 Å². The zero-order valence-electron chi connectivity index (χ0n) is 10.7. The first-order valence-corrected chi connectivity index (χ1v) is 7.28. The van der Waals surface area contributed by atoms with Gasteiger partial charge in [0.1, 0.15) is 18.1 Å². The van der Waals surface area contributed by atoms with E-state index in [1.807, 2.05) is 12.1 Å².